The number of hydrogen-bond donors (Lipinski definition) is 1. The highest BCUT2D eigenvalue weighted by Gasteiger charge is 2.36. The lowest BCUT2D eigenvalue weighted by molar-refractivity contribution is -0.142. The van der Waals surface area contributed by atoms with Crippen LogP contribution in [-0.4, -0.2) is 34.7 Å². The van der Waals surface area contributed by atoms with Crippen LogP contribution in [0.3, 0.4) is 0 Å². The molecule has 0 saturated carbocycles. The molecule has 0 aliphatic heterocycles. The maximum absolute atomic E-state index is 13.8. The summed E-state index contributed by atoms with van der Waals surface area (Å²) in [5.41, 5.74) is -1.08. The van der Waals surface area contributed by atoms with E-state index in [4.69, 9.17) is 13.9 Å². The molecule has 11 heteroatoms. The third-order valence-electron chi connectivity index (χ3n) is 4.69. The van der Waals surface area contributed by atoms with Gasteiger partial charge in [0, 0.05) is 5.56 Å². The molecule has 0 fully saturated rings. The van der Waals surface area contributed by atoms with E-state index in [9.17, 15) is 18.0 Å². The van der Waals surface area contributed by atoms with Gasteiger partial charge in [0.2, 0.25) is 0 Å². The molecular weight excluding hydrogens is 429 g/mol. The number of carbonyl (C=O) groups excluding carboxylic acids is 1. The lowest BCUT2D eigenvalue weighted by Crippen LogP contribution is -2.23. The van der Waals surface area contributed by atoms with Crippen LogP contribution in [0.4, 0.5) is 13.2 Å². The lowest BCUT2D eigenvalue weighted by Gasteiger charge is -2.13. The van der Waals surface area contributed by atoms with E-state index >= 15 is 0 Å². The molecular formula is C21H17F3N4O4. The molecule has 1 amide bonds. The number of nitrogens with one attached hydrogen (secondary N) is 1. The first-order valence-corrected chi connectivity index (χ1v) is 9.30. The third-order valence-corrected chi connectivity index (χ3v) is 4.69. The van der Waals surface area contributed by atoms with E-state index < -0.39 is 17.8 Å². The second-order valence-corrected chi connectivity index (χ2v) is 6.65. The quantitative estimate of drug-likeness (QED) is 0.482. The van der Waals surface area contributed by atoms with Crippen LogP contribution < -0.4 is 14.8 Å². The lowest BCUT2D eigenvalue weighted by atomic mass is 10.1. The zero-order chi connectivity index (χ0) is 22.9. The maximum Gasteiger partial charge on any atom is 0.433 e. The maximum atomic E-state index is 13.8. The molecule has 32 heavy (non-hydrogen) atoms. The molecule has 166 valence electrons. The Kier molecular flexibility index (Phi) is 5.47. The topological polar surface area (TPSA) is 90.9 Å². The van der Waals surface area contributed by atoms with Crippen LogP contribution in [-0.2, 0) is 12.7 Å². The minimum absolute atomic E-state index is 0.00800. The smallest absolute Gasteiger partial charge is 0.433 e. The van der Waals surface area contributed by atoms with Gasteiger partial charge in [0.15, 0.2) is 22.8 Å². The fraction of sp³-hybridized carbons (Fsp3) is 0.190. The van der Waals surface area contributed by atoms with Crippen molar-refractivity contribution in [1.82, 2.24) is 19.9 Å². The molecule has 0 aliphatic rings. The Hall–Kier alpha value is -4.02. The number of amides is 1. The zero-order valence-electron chi connectivity index (χ0n) is 16.9. The van der Waals surface area contributed by atoms with Crippen LogP contribution in [0.1, 0.15) is 21.8 Å². The number of fused-ring (bicyclic) bond motifs is 1. The van der Waals surface area contributed by atoms with Crippen molar-refractivity contribution >= 4 is 11.6 Å². The highest BCUT2D eigenvalue weighted by Crippen LogP contribution is 2.35. The molecule has 0 atom stereocenters. The van der Waals surface area contributed by atoms with Crippen molar-refractivity contribution in [3.8, 4) is 22.8 Å². The van der Waals surface area contributed by atoms with Crippen molar-refractivity contribution < 1.29 is 31.9 Å². The van der Waals surface area contributed by atoms with Gasteiger partial charge in [0.1, 0.15) is 11.3 Å². The Bertz CT molecular complexity index is 1270. The third kappa shape index (κ3) is 3.96. The summed E-state index contributed by atoms with van der Waals surface area (Å²) in [5.74, 6) is 0.590. The van der Waals surface area contributed by atoms with E-state index in [-0.39, 0.29) is 23.4 Å². The summed E-state index contributed by atoms with van der Waals surface area (Å²) in [7, 11) is 2.86. The molecule has 3 heterocycles. The largest absolute Gasteiger partial charge is 0.493 e. The number of furan rings is 1. The van der Waals surface area contributed by atoms with Crippen molar-refractivity contribution in [3.63, 3.8) is 0 Å². The van der Waals surface area contributed by atoms with Crippen molar-refractivity contribution in [2.45, 2.75) is 12.7 Å². The Morgan fingerprint density at radius 1 is 1.16 bits per heavy atom. The Morgan fingerprint density at radius 3 is 2.59 bits per heavy atom. The van der Waals surface area contributed by atoms with Gasteiger partial charge in [0.25, 0.3) is 5.91 Å². The average Bonchev–Trinajstić information content (AvgIpc) is 3.45. The summed E-state index contributed by atoms with van der Waals surface area (Å²) in [4.78, 5) is 16.9. The number of nitrogens with zero attached hydrogens (tertiary/aromatic N) is 3. The molecule has 1 N–H and O–H groups in total. The average molecular weight is 446 g/mol. The van der Waals surface area contributed by atoms with Gasteiger partial charge in [-0.3, -0.25) is 4.79 Å². The minimum Gasteiger partial charge on any atom is -0.493 e. The fourth-order valence-corrected chi connectivity index (χ4v) is 3.14. The van der Waals surface area contributed by atoms with E-state index in [1.807, 2.05) is 0 Å². The number of hydrogen-bond acceptors (Lipinski definition) is 6. The van der Waals surface area contributed by atoms with E-state index in [0.29, 0.717) is 27.3 Å². The number of alkyl halides is 3. The van der Waals surface area contributed by atoms with Gasteiger partial charge in [-0.25, -0.2) is 9.50 Å². The first-order valence-electron chi connectivity index (χ1n) is 9.30. The van der Waals surface area contributed by atoms with Crippen molar-refractivity contribution in [1.29, 1.82) is 0 Å². The Morgan fingerprint density at radius 2 is 1.94 bits per heavy atom. The Labute approximate surface area is 179 Å². The van der Waals surface area contributed by atoms with Gasteiger partial charge >= 0.3 is 6.18 Å². The predicted molar refractivity (Wildman–Crippen MR) is 106 cm³/mol. The van der Waals surface area contributed by atoms with Gasteiger partial charge in [-0.1, -0.05) is 0 Å². The van der Waals surface area contributed by atoms with Crippen LogP contribution in [0.15, 0.2) is 53.3 Å². The van der Waals surface area contributed by atoms with E-state index in [1.165, 1.54) is 26.5 Å². The number of ether oxygens (including phenoxy) is 2. The highest BCUT2D eigenvalue weighted by molar-refractivity contribution is 5.99. The molecule has 3 aromatic heterocycles. The number of halogens is 3. The summed E-state index contributed by atoms with van der Waals surface area (Å²) in [6, 6.07) is 8.79. The molecule has 1 aromatic carbocycles. The number of aromatic nitrogens is 3. The first kappa shape index (κ1) is 21.2. The minimum atomic E-state index is -4.74. The first-order chi connectivity index (χ1) is 15.3. The molecule has 0 spiro atoms. The van der Waals surface area contributed by atoms with Gasteiger partial charge in [0.05, 0.1) is 38.9 Å². The van der Waals surface area contributed by atoms with Crippen molar-refractivity contribution in [2.75, 3.05) is 14.2 Å². The van der Waals surface area contributed by atoms with Crippen molar-refractivity contribution in [3.05, 3.63) is 65.9 Å². The van der Waals surface area contributed by atoms with Gasteiger partial charge < -0.3 is 19.2 Å². The highest BCUT2D eigenvalue weighted by atomic mass is 19.4. The van der Waals surface area contributed by atoms with Crippen molar-refractivity contribution in [2.24, 2.45) is 0 Å². The van der Waals surface area contributed by atoms with Crippen LogP contribution in [0.25, 0.3) is 16.9 Å². The van der Waals surface area contributed by atoms with Gasteiger partial charge in [-0.05, 0) is 36.4 Å². The number of carbonyl (C=O) groups is 1. The molecule has 4 aromatic rings. The molecule has 8 nitrogen and oxygen atoms in total. The fourth-order valence-electron chi connectivity index (χ4n) is 3.14. The van der Waals surface area contributed by atoms with E-state index in [1.54, 1.807) is 24.3 Å². The number of rotatable bonds is 6. The molecule has 0 radical (unpaired) electrons. The summed E-state index contributed by atoms with van der Waals surface area (Å²) < 4.78 is 57.5. The summed E-state index contributed by atoms with van der Waals surface area (Å²) in [6.45, 7) is 0.0602. The second-order valence-electron chi connectivity index (χ2n) is 6.65. The van der Waals surface area contributed by atoms with Crippen LogP contribution in [0, 0.1) is 0 Å². The van der Waals surface area contributed by atoms with E-state index in [0.717, 1.165) is 12.3 Å². The number of methoxy groups -OCH3 is 2. The standard InChI is InChI=1S/C21H17F3N4O4/c1-30-16-6-5-12(8-17(16)31-2)15-9-18(21(22,23)24)28-19(27-15)14(11-26-28)20(29)25-10-13-4-3-7-32-13/h3-9,11H,10H2,1-2H3,(H,25,29). The number of benzene rings is 1. The van der Waals surface area contributed by atoms with Crippen LogP contribution >= 0.6 is 0 Å². The normalized spacial score (nSPS) is 11.5. The van der Waals surface area contributed by atoms with E-state index in [2.05, 4.69) is 15.4 Å². The molecule has 0 saturated heterocycles. The SMILES string of the molecule is COc1ccc(-c2cc(C(F)(F)F)n3ncc(C(=O)NCc4ccco4)c3n2)cc1OC. The summed E-state index contributed by atoms with van der Waals surface area (Å²) in [5, 5.41) is 6.34. The van der Waals surface area contributed by atoms with Gasteiger partial charge in [-0.15, -0.1) is 0 Å². The second kappa shape index (κ2) is 8.25. The molecule has 0 unspecified atom stereocenters. The van der Waals surface area contributed by atoms with Crippen LogP contribution in [0.2, 0.25) is 0 Å². The monoisotopic (exact) mass is 446 g/mol. The predicted octanol–water partition coefficient (Wildman–Crippen LogP) is 3.96. The van der Waals surface area contributed by atoms with Gasteiger partial charge in [-0.2, -0.15) is 18.3 Å². The van der Waals surface area contributed by atoms with Crippen LogP contribution in [0.5, 0.6) is 11.5 Å². The Balaban J connectivity index is 1.81. The molecule has 0 aliphatic carbocycles. The molecule has 4 rings (SSSR count). The zero-order valence-corrected chi connectivity index (χ0v) is 16.9. The molecule has 0 bridgehead atoms. The summed E-state index contributed by atoms with van der Waals surface area (Å²) >= 11 is 0. The summed E-state index contributed by atoms with van der Waals surface area (Å²) in [6.07, 6.45) is -2.24.